The Morgan fingerprint density at radius 3 is 2.62 bits per heavy atom. The number of hydrogen-bond donors (Lipinski definition) is 4. The Balaban J connectivity index is 1.50. The van der Waals surface area contributed by atoms with Crippen LogP contribution in [-0.4, -0.2) is 39.0 Å². The van der Waals surface area contributed by atoms with Crippen molar-refractivity contribution in [1.29, 1.82) is 0 Å². The lowest BCUT2D eigenvalue weighted by Gasteiger charge is -2.19. The maximum absolute atomic E-state index is 14.7. The Kier molecular flexibility index (Phi) is 6.85. The molecule has 0 spiro atoms. The van der Waals surface area contributed by atoms with E-state index >= 15 is 0 Å². The first-order chi connectivity index (χ1) is 18.5. The number of nitrogens with one attached hydrogen (secondary N) is 3. The normalized spacial score (nSPS) is 17.4. The molecule has 0 aliphatic heterocycles. The monoisotopic (exact) mass is 534 g/mol. The number of aliphatic hydroxyl groups excluding tert-OH is 1. The third-order valence-electron chi connectivity index (χ3n) is 6.96. The van der Waals surface area contributed by atoms with Crippen molar-refractivity contribution in [3.63, 3.8) is 0 Å². The van der Waals surface area contributed by atoms with Gasteiger partial charge in [0.1, 0.15) is 11.6 Å². The van der Waals surface area contributed by atoms with Crippen LogP contribution >= 0.6 is 0 Å². The number of carbonyl (C=O) groups excluding carboxylic acids is 1. The molecule has 0 bridgehead atoms. The SMILES string of the molecule is CNc1cc2c(cn1)cc(-c1ccc(F)c(NC(=O)Nc3cc(C(C)(C)C)no3)c1)c(=O)n2C1CCC(O)C1. The fourth-order valence-electron chi connectivity index (χ4n) is 4.85. The first kappa shape index (κ1) is 26.4. The van der Waals surface area contributed by atoms with E-state index < -0.39 is 18.0 Å². The van der Waals surface area contributed by atoms with Gasteiger partial charge >= 0.3 is 6.03 Å². The molecule has 1 fully saturated rings. The average Bonchev–Trinajstić information content (AvgIpc) is 3.53. The molecule has 11 heteroatoms. The van der Waals surface area contributed by atoms with E-state index in [1.807, 2.05) is 26.8 Å². The fraction of sp³-hybridized carbons (Fsp3) is 0.357. The Hall–Kier alpha value is -4.25. The molecule has 4 N–H and O–H groups in total. The highest BCUT2D eigenvalue weighted by atomic mass is 19.1. The lowest BCUT2D eigenvalue weighted by molar-refractivity contribution is 0.178. The van der Waals surface area contributed by atoms with Gasteiger partial charge in [0.25, 0.3) is 5.56 Å². The first-order valence-corrected chi connectivity index (χ1v) is 12.8. The summed E-state index contributed by atoms with van der Waals surface area (Å²) < 4.78 is 21.6. The van der Waals surface area contributed by atoms with E-state index in [0.717, 1.165) is 5.39 Å². The van der Waals surface area contributed by atoms with Gasteiger partial charge in [-0.1, -0.05) is 32.0 Å². The highest BCUT2D eigenvalue weighted by molar-refractivity contribution is 5.99. The smallest absolute Gasteiger partial charge is 0.326 e. The summed E-state index contributed by atoms with van der Waals surface area (Å²) in [7, 11) is 1.75. The van der Waals surface area contributed by atoms with E-state index in [2.05, 4.69) is 26.1 Å². The largest absolute Gasteiger partial charge is 0.393 e. The summed E-state index contributed by atoms with van der Waals surface area (Å²) in [5, 5.41) is 22.9. The standard InChI is InChI=1S/C28H31FN6O4/c1-28(2,3)23-13-25(39-34-23)33-27(38)32-21-10-15(5-8-20(21)29)19-9-16-14-31-24(30-4)12-22(16)35(26(19)37)17-6-7-18(36)11-17/h5,8-10,12-14,17-18,36H,6-7,11H2,1-4H3,(H,30,31)(H2,32,33,38). The molecule has 1 aliphatic rings. The van der Waals surface area contributed by atoms with E-state index in [1.54, 1.807) is 29.9 Å². The van der Waals surface area contributed by atoms with E-state index in [-0.39, 0.29) is 28.6 Å². The number of urea groups is 1. The minimum Gasteiger partial charge on any atom is -0.393 e. The molecule has 3 heterocycles. The van der Waals surface area contributed by atoms with Crippen LogP contribution in [0.5, 0.6) is 0 Å². The number of anilines is 3. The molecule has 2 unspecified atom stereocenters. The quantitative estimate of drug-likeness (QED) is 0.274. The fourth-order valence-corrected chi connectivity index (χ4v) is 4.85. The number of carbonyl (C=O) groups is 1. The summed E-state index contributed by atoms with van der Waals surface area (Å²) in [6.45, 7) is 5.88. The van der Waals surface area contributed by atoms with Crippen molar-refractivity contribution in [1.82, 2.24) is 14.7 Å². The van der Waals surface area contributed by atoms with E-state index in [4.69, 9.17) is 4.52 Å². The van der Waals surface area contributed by atoms with Crippen molar-refractivity contribution in [2.24, 2.45) is 0 Å². The molecule has 39 heavy (non-hydrogen) atoms. The van der Waals surface area contributed by atoms with Gasteiger partial charge in [-0.25, -0.2) is 14.2 Å². The van der Waals surface area contributed by atoms with Crippen LogP contribution in [0.3, 0.4) is 0 Å². The predicted molar refractivity (Wildman–Crippen MR) is 148 cm³/mol. The molecular weight excluding hydrogens is 503 g/mol. The van der Waals surface area contributed by atoms with E-state index in [0.29, 0.717) is 47.4 Å². The third kappa shape index (κ3) is 5.35. The van der Waals surface area contributed by atoms with Crippen molar-refractivity contribution in [2.45, 2.75) is 57.6 Å². The first-order valence-electron chi connectivity index (χ1n) is 12.8. The van der Waals surface area contributed by atoms with Crippen LogP contribution in [0.2, 0.25) is 0 Å². The highest BCUT2D eigenvalue weighted by Gasteiger charge is 2.28. The zero-order chi connectivity index (χ0) is 27.9. The minimum atomic E-state index is -0.720. The second-order valence-corrected chi connectivity index (χ2v) is 10.8. The van der Waals surface area contributed by atoms with Crippen molar-refractivity contribution in [3.05, 3.63) is 64.5 Å². The second-order valence-electron chi connectivity index (χ2n) is 10.8. The summed E-state index contributed by atoms with van der Waals surface area (Å²) in [6, 6.07) is 8.34. The van der Waals surface area contributed by atoms with Crippen molar-refractivity contribution in [3.8, 4) is 11.1 Å². The number of pyridine rings is 2. The van der Waals surface area contributed by atoms with Gasteiger partial charge in [-0.3, -0.25) is 10.1 Å². The van der Waals surface area contributed by atoms with E-state index in [9.17, 15) is 19.1 Å². The lowest BCUT2D eigenvalue weighted by Crippen LogP contribution is -2.26. The number of amides is 2. The van der Waals surface area contributed by atoms with Crippen LogP contribution in [0.1, 0.15) is 51.8 Å². The molecule has 1 aliphatic carbocycles. The number of nitrogens with zero attached hydrogens (tertiary/aromatic N) is 3. The maximum Gasteiger partial charge on any atom is 0.326 e. The molecule has 1 saturated carbocycles. The molecule has 204 valence electrons. The van der Waals surface area contributed by atoms with Gasteiger partial charge in [-0.15, -0.1) is 0 Å². The minimum absolute atomic E-state index is 0.105. The Morgan fingerprint density at radius 2 is 1.95 bits per heavy atom. The summed E-state index contributed by atoms with van der Waals surface area (Å²) in [6.07, 6.45) is 2.92. The number of aromatic nitrogens is 3. The van der Waals surface area contributed by atoms with Gasteiger partial charge in [0.2, 0.25) is 5.88 Å². The predicted octanol–water partition coefficient (Wildman–Crippen LogP) is 5.26. The van der Waals surface area contributed by atoms with Crippen LogP contribution in [0, 0.1) is 5.82 Å². The van der Waals surface area contributed by atoms with Crippen molar-refractivity contribution < 1.29 is 18.8 Å². The molecule has 2 atom stereocenters. The molecule has 0 saturated heterocycles. The highest BCUT2D eigenvalue weighted by Crippen LogP contribution is 2.34. The Bertz CT molecular complexity index is 1610. The summed E-state index contributed by atoms with van der Waals surface area (Å²) in [5.74, 6) is 0.0726. The van der Waals surface area contributed by atoms with Crippen LogP contribution < -0.4 is 21.5 Å². The number of benzene rings is 1. The molecule has 0 radical (unpaired) electrons. The number of aliphatic hydroxyl groups is 1. The van der Waals surface area contributed by atoms with Crippen LogP contribution in [0.25, 0.3) is 22.0 Å². The van der Waals surface area contributed by atoms with Crippen LogP contribution in [-0.2, 0) is 5.41 Å². The molecule has 5 rings (SSSR count). The summed E-state index contributed by atoms with van der Waals surface area (Å²) in [5.41, 5.74) is 1.47. The van der Waals surface area contributed by atoms with Crippen LogP contribution in [0.4, 0.5) is 26.6 Å². The molecular formula is C28H31FN6O4. The zero-order valence-electron chi connectivity index (χ0n) is 22.2. The Labute approximate surface area is 224 Å². The third-order valence-corrected chi connectivity index (χ3v) is 6.96. The lowest BCUT2D eigenvalue weighted by atomic mass is 9.92. The molecule has 4 aromatic rings. The van der Waals surface area contributed by atoms with Gasteiger partial charge in [0, 0.05) is 47.8 Å². The number of hydrogen-bond acceptors (Lipinski definition) is 7. The molecule has 10 nitrogen and oxygen atoms in total. The van der Waals surface area contributed by atoms with E-state index in [1.165, 1.54) is 18.2 Å². The van der Waals surface area contributed by atoms with Gasteiger partial charge in [-0.2, -0.15) is 0 Å². The Morgan fingerprint density at radius 1 is 1.15 bits per heavy atom. The van der Waals surface area contributed by atoms with Crippen molar-refractivity contribution >= 4 is 34.3 Å². The molecule has 2 amide bonds. The summed E-state index contributed by atoms with van der Waals surface area (Å²) in [4.78, 5) is 30.9. The number of rotatable bonds is 5. The molecule has 1 aromatic carbocycles. The van der Waals surface area contributed by atoms with Gasteiger partial charge < -0.3 is 24.8 Å². The second kappa shape index (κ2) is 10.1. The number of fused-ring (bicyclic) bond motifs is 1. The topological polar surface area (TPSA) is 134 Å². The van der Waals surface area contributed by atoms with Gasteiger partial charge in [0.05, 0.1) is 23.0 Å². The molecule has 3 aromatic heterocycles. The zero-order valence-corrected chi connectivity index (χ0v) is 22.2. The van der Waals surface area contributed by atoms with Gasteiger partial charge in [-0.05, 0) is 43.0 Å². The van der Waals surface area contributed by atoms with Crippen molar-refractivity contribution in [2.75, 3.05) is 23.0 Å². The van der Waals surface area contributed by atoms with Gasteiger partial charge in [0.15, 0.2) is 0 Å². The summed E-state index contributed by atoms with van der Waals surface area (Å²) >= 11 is 0. The number of halogens is 1. The van der Waals surface area contributed by atoms with Crippen LogP contribution in [0.15, 0.2) is 51.9 Å². The average molecular weight is 535 g/mol. The maximum atomic E-state index is 14.7.